The summed E-state index contributed by atoms with van der Waals surface area (Å²) in [6, 6.07) is 7.06. The zero-order chi connectivity index (χ0) is 17.1. The minimum absolute atomic E-state index is 0.109. The highest BCUT2D eigenvalue weighted by Gasteiger charge is 2.09. The fourth-order valence-corrected chi connectivity index (χ4v) is 2.15. The van der Waals surface area contributed by atoms with Crippen LogP contribution in [0.25, 0.3) is 5.69 Å². The van der Waals surface area contributed by atoms with Crippen LogP contribution in [0.15, 0.2) is 41.7 Å². The number of amides is 1. The van der Waals surface area contributed by atoms with E-state index < -0.39 is 0 Å². The first kappa shape index (κ1) is 15.5. The van der Waals surface area contributed by atoms with Crippen LogP contribution < -0.4 is 10.9 Å². The van der Waals surface area contributed by atoms with Crippen LogP contribution in [-0.4, -0.2) is 35.7 Å². The van der Waals surface area contributed by atoms with Crippen LogP contribution in [-0.2, 0) is 11.3 Å². The minimum Gasteiger partial charge on any atom is -0.324 e. The van der Waals surface area contributed by atoms with Crippen molar-refractivity contribution in [3.05, 3.63) is 58.5 Å². The van der Waals surface area contributed by atoms with Crippen molar-refractivity contribution in [3.8, 4) is 5.69 Å². The van der Waals surface area contributed by atoms with Gasteiger partial charge in [-0.1, -0.05) is 6.07 Å². The normalized spacial score (nSPS) is 10.6. The van der Waals surface area contributed by atoms with Crippen molar-refractivity contribution in [1.29, 1.82) is 0 Å². The van der Waals surface area contributed by atoms with Gasteiger partial charge in [-0.25, -0.2) is 9.67 Å². The van der Waals surface area contributed by atoms with E-state index in [9.17, 15) is 9.59 Å². The molecule has 0 aliphatic carbocycles. The summed E-state index contributed by atoms with van der Waals surface area (Å²) >= 11 is 0. The molecule has 0 aliphatic rings. The Morgan fingerprint density at radius 1 is 1.25 bits per heavy atom. The first-order valence-electron chi connectivity index (χ1n) is 7.20. The van der Waals surface area contributed by atoms with E-state index in [1.165, 1.54) is 21.9 Å². The van der Waals surface area contributed by atoms with Crippen LogP contribution in [0.5, 0.6) is 0 Å². The summed E-state index contributed by atoms with van der Waals surface area (Å²) in [4.78, 5) is 28.4. The maximum atomic E-state index is 12.2. The molecule has 0 atom stereocenters. The number of nitrogens with zero attached hydrogens (tertiary/aromatic N) is 6. The van der Waals surface area contributed by atoms with Gasteiger partial charge in [0.1, 0.15) is 12.9 Å². The Morgan fingerprint density at radius 3 is 2.83 bits per heavy atom. The van der Waals surface area contributed by atoms with E-state index in [0.29, 0.717) is 22.6 Å². The van der Waals surface area contributed by atoms with Crippen molar-refractivity contribution in [2.45, 2.75) is 20.4 Å². The van der Waals surface area contributed by atoms with Gasteiger partial charge in [0, 0.05) is 16.9 Å². The van der Waals surface area contributed by atoms with Gasteiger partial charge in [-0.05, 0) is 42.5 Å². The summed E-state index contributed by atoms with van der Waals surface area (Å²) in [6.07, 6.45) is 2.84. The molecule has 0 fully saturated rings. The third-order valence-corrected chi connectivity index (χ3v) is 3.57. The van der Waals surface area contributed by atoms with E-state index in [0.717, 1.165) is 0 Å². The third-order valence-electron chi connectivity index (χ3n) is 3.57. The summed E-state index contributed by atoms with van der Waals surface area (Å²) in [5.74, 6) is -0.323. The maximum absolute atomic E-state index is 12.2. The van der Waals surface area contributed by atoms with E-state index in [1.54, 1.807) is 32.0 Å². The molecule has 0 saturated carbocycles. The number of hydrogen-bond acceptors (Lipinski definition) is 6. The summed E-state index contributed by atoms with van der Waals surface area (Å²) < 4.78 is 2.76. The van der Waals surface area contributed by atoms with Crippen LogP contribution in [0, 0.1) is 13.8 Å². The molecule has 2 heterocycles. The average molecular weight is 325 g/mol. The van der Waals surface area contributed by atoms with Crippen molar-refractivity contribution in [3.63, 3.8) is 0 Å². The van der Waals surface area contributed by atoms with Gasteiger partial charge in [-0.3, -0.25) is 14.2 Å². The molecule has 0 aliphatic heterocycles. The molecule has 0 bridgehead atoms. The van der Waals surface area contributed by atoms with Gasteiger partial charge in [0.2, 0.25) is 5.91 Å². The number of nitrogens with one attached hydrogen (secondary N) is 1. The molecule has 2 aromatic heterocycles. The molecule has 1 aromatic carbocycles. The standard InChI is InChI=1S/C15H15N7O2/c1-10-11(2)16-8-21(15(10)24)7-14(23)18-12-4-3-5-13(6-12)22-9-17-19-20-22/h3-6,8-9H,7H2,1-2H3,(H,18,23). The number of anilines is 1. The third kappa shape index (κ3) is 3.19. The number of aromatic nitrogens is 6. The Bertz CT molecular complexity index is 931. The molecule has 9 nitrogen and oxygen atoms in total. The topological polar surface area (TPSA) is 108 Å². The summed E-state index contributed by atoms with van der Waals surface area (Å²) in [6.45, 7) is 3.34. The van der Waals surface area contributed by atoms with Crippen molar-refractivity contribution in [2.75, 3.05) is 5.32 Å². The lowest BCUT2D eigenvalue weighted by Gasteiger charge is -2.09. The van der Waals surface area contributed by atoms with Gasteiger partial charge in [0.05, 0.1) is 12.0 Å². The SMILES string of the molecule is Cc1ncn(CC(=O)Nc2cccc(-n3cnnn3)c2)c(=O)c1C. The molecule has 0 unspecified atom stereocenters. The number of hydrogen-bond donors (Lipinski definition) is 1. The van der Waals surface area contributed by atoms with E-state index in [1.807, 2.05) is 6.07 Å². The van der Waals surface area contributed by atoms with Crippen molar-refractivity contribution >= 4 is 11.6 Å². The first-order valence-corrected chi connectivity index (χ1v) is 7.20. The van der Waals surface area contributed by atoms with E-state index in [-0.39, 0.29) is 18.0 Å². The molecule has 1 amide bonds. The number of carbonyl (C=O) groups excluding carboxylic acids is 1. The number of benzene rings is 1. The Balaban J connectivity index is 1.75. The fraction of sp³-hybridized carbons (Fsp3) is 0.200. The molecule has 3 aromatic rings. The van der Waals surface area contributed by atoms with E-state index in [2.05, 4.69) is 25.8 Å². The van der Waals surface area contributed by atoms with Crippen LogP contribution >= 0.6 is 0 Å². The fourth-order valence-electron chi connectivity index (χ4n) is 2.15. The van der Waals surface area contributed by atoms with Crippen molar-refractivity contribution in [2.24, 2.45) is 0 Å². The lowest BCUT2D eigenvalue weighted by atomic mass is 10.2. The zero-order valence-corrected chi connectivity index (χ0v) is 13.2. The molecule has 9 heteroatoms. The van der Waals surface area contributed by atoms with Crippen LogP contribution in [0.1, 0.15) is 11.3 Å². The van der Waals surface area contributed by atoms with Crippen LogP contribution in [0.2, 0.25) is 0 Å². The monoisotopic (exact) mass is 325 g/mol. The van der Waals surface area contributed by atoms with Gasteiger partial charge >= 0.3 is 0 Å². The largest absolute Gasteiger partial charge is 0.324 e. The lowest BCUT2D eigenvalue weighted by molar-refractivity contribution is -0.116. The predicted molar refractivity (Wildman–Crippen MR) is 85.8 cm³/mol. The number of carbonyl (C=O) groups is 1. The summed E-state index contributed by atoms with van der Waals surface area (Å²) in [5, 5.41) is 13.7. The molecule has 1 N–H and O–H groups in total. The second-order valence-corrected chi connectivity index (χ2v) is 5.24. The predicted octanol–water partition coefficient (Wildman–Crippen LogP) is 0.475. The second-order valence-electron chi connectivity index (χ2n) is 5.24. The smallest absolute Gasteiger partial charge is 0.256 e. The highest BCUT2D eigenvalue weighted by atomic mass is 16.2. The second kappa shape index (κ2) is 6.41. The van der Waals surface area contributed by atoms with Gasteiger partial charge < -0.3 is 5.32 Å². The Morgan fingerprint density at radius 2 is 2.08 bits per heavy atom. The maximum Gasteiger partial charge on any atom is 0.256 e. The number of tetrazole rings is 1. The highest BCUT2D eigenvalue weighted by Crippen LogP contribution is 2.13. The highest BCUT2D eigenvalue weighted by molar-refractivity contribution is 5.90. The molecule has 0 saturated heterocycles. The van der Waals surface area contributed by atoms with Gasteiger partial charge in [0.25, 0.3) is 5.56 Å². The van der Waals surface area contributed by atoms with E-state index >= 15 is 0 Å². The molecular formula is C15H15N7O2. The minimum atomic E-state index is -0.323. The molecule has 3 rings (SSSR count). The average Bonchev–Trinajstić information content (AvgIpc) is 3.10. The first-order chi connectivity index (χ1) is 11.5. The molecule has 24 heavy (non-hydrogen) atoms. The lowest BCUT2D eigenvalue weighted by Crippen LogP contribution is -2.29. The molecule has 0 radical (unpaired) electrons. The quantitative estimate of drug-likeness (QED) is 0.747. The van der Waals surface area contributed by atoms with Gasteiger partial charge in [-0.15, -0.1) is 5.10 Å². The zero-order valence-electron chi connectivity index (χ0n) is 13.2. The summed E-state index contributed by atoms with van der Waals surface area (Å²) in [5.41, 5.74) is 2.26. The van der Waals surface area contributed by atoms with E-state index in [4.69, 9.17) is 0 Å². The Labute approximate surface area is 137 Å². The number of aryl methyl sites for hydroxylation is 1. The van der Waals surface area contributed by atoms with Crippen LogP contribution in [0.3, 0.4) is 0 Å². The van der Waals surface area contributed by atoms with Gasteiger partial charge in [0.15, 0.2) is 0 Å². The molecule has 122 valence electrons. The Hall–Kier alpha value is -3.36. The Kier molecular flexibility index (Phi) is 4.15. The summed E-state index contributed by atoms with van der Waals surface area (Å²) in [7, 11) is 0. The van der Waals surface area contributed by atoms with Crippen molar-refractivity contribution in [1.82, 2.24) is 29.8 Å². The number of rotatable bonds is 4. The molecule has 0 spiro atoms. The van der Waals surface area contributed by atoms with Gasteiger partial charge in [-0.2, -0.15) is 0 Å². The van der Waals surface area contributed by atoms with Crippen molar-refractivity contribution < 1.29 is 4.79 Å². The van der Waals surface area contributed by atoms with Crippen LogP contribution in [0.4, 0.5) is 5.69 Å². The molecular weight excluding hydrogens is 310 g/mol.